The normalized spacial score (nSPS) is 19.7. The lowest BCUT2D eigenvalue weighted by molar-refractivity contribution is -0.384. The lowest BCUT2D eigenvalue weighted by atomic mass is 10.2. The van der Waals surface area contributed by atoms with Gasteiger partial charge in [-0.15, -0.1) is 0 Å². The molecule has 2 rings (SSSR count). The first kappa shape index (κ1) is 10.4. The summed E-state index contributed by atoms with van der Waals surface area (Å²) in [6.45, 7) is 2.00. The molecule has 6 nitrogen and oxygen atoms in total. The summed E-state index contributed by atoms with van der Waals surface area (Å²) in [5.74, 6) is 0.589. The quantitative estimate of drug-likeness (QED) is 0.604. The van der Waals surface area contributed by atoms with Gasteiger partial charge in [0.15, 0.2) is 0 Å². The zero-order valence-corrected chi connectivity index (χ0v) is 8.83. The minimum absolute atomic E-state index is 0.0764. The molecule has 0 aromatic heterocycles. The van der Waals surface area contributed by atoms with Crippen LogP contribution in [0.4, 0.5) is 11.4 Å². The summed E-state index contributed by atoms with van der Waals surface area (Å²) in [6, 6.07) is 6.48. The van der Waals surface area contributed by atoms with Crippen LogP contribution in [0.5, 0.6) is 0 Å². The Kier molecular flexibility index (Phi) is 2.47. The van der Waals surface area contributed by atoms with E-state index in [-0.39, 0.29) is 11.7 Å². The minimum Gasteiger partial charge on any atom is -0.386 e. The van der Waals surface area contributed by atoms with E-state index in [9.17, 15) is 10.1 Å². The van der Waals surface area contributed by atoms with Crippen LogP contribution in [0.2, 0.25) is 0 Å². The van der Waals surface area contributed by atoms with Gasteiger partial charge in [0.2, 0.25) is 0 Å². The Labute approximate surface area is 92.5 Å². The van der Waals surface area contributed by atoms with E-state index in [2.05, 4.69) is 5.10 Å². The number of nitro groups is 1. The monoisotopic (exact) mass is 220 g/mol. The maximum atomic E-state index is 10.5. The standard InChI is InChI=1S/C10H12N4O2/c1-7-6-10(11)12-13(7)8-2-4-9(5-3-8)14(15)16/h2-5,7H,6H2,1H3,(H2,11,12). The zero-order chi connectivity index (χ0) is 11.7. The third kappa shape index (κ3) is 1.81. The van der Waals surface area contributed by atoms with Crippen molar-refractivity contribution in [3.8, 4) is 0 Å². The molecule has 0 aliphatic carbocycles. The van der Waals surface area contributed by atoms with Crippen LogP contribution in [-0.2, 0) is 0 Å². The van der Waals surface area contributed by atoms with E-state index < -0.39 is 4.92 Å². The number of nitrogens with two attached hydrogens (primary N) is 1. The molecule has 2 N–H and O–H groups in total. The predicted octanol–water partition coefficient (Wildman–Crippen LogP) is 1.47. The van der Waals surface area contributed by atoms with Crippen molar-refractivity contribution in [2.45, 2.75) is 19.4 Å². The van der Waals surface area contributed by atoms with E-state index in [4.69, 9.17) is 5.73 Å². The summed E-state index contributed by atoms with van der Waals surface area (Å²) in [5.41, 5.74) is 6.53. The van der Waals surface area contributed by atoms with Crippen molar-refractivity contribution in [2.75, 3.05) is 5.01 Å². The molecule has 1 unspecified atom stereocenters. The molecule has 1 aliphatic rings. The maximum absolute atomic E-state index is 10.5. The molecule has 16 heavy (non-hydrogen) atoms. The molecule has 1 aliphatic heterocycles. The molecule has 6 heteroatoms. The summed E-state index contributed by atoms with van der Waals surface area (Å²) < 4.78 is 0. The van der Waals surface area contributed by atoms with Crippen LogP contribution < -0.4 is 10.7 Å². The second-order valence-corrected chi connectivity index (χ2v) is 3.76. The van der Waals surface area contributed by atoms with E-state index in [0.717, 1.165) is 12.1 Å². The van der Waals surface area contributed by atoms with Crippen molar-refractivity contribution in [2.24, 2.45) is 10.8 Å². The molecular formula is C10H12N4O2. The highest BCUT2D eigenvalue weighted by Crippen LogP contribution is 2.25. The van der Waals surface area contributed by atoms with Crippen molar-refractivity contribution in [1.29, 1.82) is 0 Å². The molecule has 1 aromatic carbocycles. The molecule has 84 valence electrons. The lowest BCUT2D eigenvalue weighted by Crippen LogP contribution is -2.22. The average molecular weight is 220 g/mol. The van der Waals surface area contributed by atoms with Crippen LogP contribution in [0, 0.1) is 10.1 Å². The van der Waals surface area contributed by atoms with Gasteiger partial charge in [-0.05, 0) is 19.1 Å². The van der Waals surface area contributed by atoms with Gasteiger partial charge in [0, 0.05) is 18.6 Å². The fourth-order valence-corrected chi connectivity index (χ4v) is 1.71. The van der Waals surface area contributed by atoms with Gasteiger partial charge >= 0.3 is 0 Å². The smallest absolute Gasteiger partial charge is 0.269 e. The van der Waals surface area contributed by atoms with Crippen molar-refractivity contribution in [3.05, 3.63) is 34.4 Å². The summed E-state index contributed by atoms with van der Waals surface area (Å²) in [7, 11) is 0. The largest absolute Gasteiger partial charge is 0.386 e. The third-order valence-electron chi connectivity index (χ3n) is 2.48. The Bertz CT molecular complexity index is 441. The summed E-state index contributed by atoms with van der Waals surface area (Å²) in [5, 5.41) is 16.4. The Morgan fingerprint density at radius 1 is 1.50 bits per heavy atom. The molecule has 1 aromatic rings. The van der Waals surface area contributed by atoms with Gasteiger partial charge in [0.05, 0.1) is 16.7 Å². The second-order valence-electron chi connectivity index (χ2n) is 3.76. The van der Waals surface area contributed by atoms with Gasteiger partial charge in [-0.2, -0.15) is 5.10 Å². The number of hydrogen-bond acceptors (Lipinski definition) is 5. The van der Waals surface area contributed by atoms with Crippen LogP contribution in [0.1, 0.15) is 13.3 Å². The van der Waals surface area contributed by atoms with Crippen LogP contribution in [0.15, 0.2) is 29.4 Å². The molecule has 1 atom stereocenters. The van der Waals surface area contributed by atoms with E-state index in [0.29, 0.717) is 5.84 Å². The number of non-ortho nitro benzene ring substituents is 1. The van der Waals surface area contributed by atoms with E-state index in [1.165, 1.54) is 12.1 Å². The van der Waals surface area contributed by atoms with Gasteiger partial charge in [-0.1, -0.05) is 0 Å². The number of anilines is 1. The number of hydrogen-bond donors (Lipinski definition) is 1. The molecule has 0 radical (unpaired) electrons. The van der Waals surface area contributed by atoms with Gasteiger partial charge < -0.3 is 5.73 Å². The van der Waals surface area contributed by atoms with E-state index in [1.807, 2.05) is 6.92 Å². The van der Waals surface area contributed by atoms with Gasteiger partial charge in [-0.25, -0.2) is 0 Å². The minimum atomic E-state index is -0.422. The van der Waals surface area contributed by atoms with Gasteiger partial charge in [-0.3, -0.25) is 15.1 Å². The van der Waals surface area contributed by atoms with Crippen LogP contribution >= 0.6 is 0 Å². The highest BCUT2D eigenvalue weighted by atomic mass is 16.6. The average Bonchev–Trinajstić information content (AvgIpc) is 2.58. The molecule has 0 saturated carbocycles. The molecule has 0 bridgehead atoms. The first-order valence-corrected chi connectivity index (χ1v) is 4.94. The summed E-state index contributed by atoms with van der Waals surface area (Å²) in [6.07, 6.45) is 0.719. The van der Waals surface area contributed by atoms with Crippen molar-refractivity contribution >= 4 is 17.2 Å². The van der Waals surface area contributed by atoms with Crippen LogP contribution in [0.25, 0.3) is 0 Å². The number of benzene rings is 1. The Morgan fingerprint density at radius 3 is 2.56 bits per heavy atom. The van der Waals surface area contributed by atoms with Gasteiger partial charge in [0.1, 0.15) is 5.84 Å². The number of nitrogens with zero attached hydrogens (tertiary/aromatic N) is 3. The number of nitro benzene ring substituents is 1. The first-order chi connectivity index (χ1) is 7.58. The van der Waals surface area contributed by atoms with E-state index >= 15 is 0 Å². The molecule has 0 saturated heterocycles. The SMILES string of the molecule is CC1CC(N)=NN1c1ccc([N+](=O)[O-])cc1. The summed E-state index contributed by atoms with van der Waals surface area (Å²) in [4.78, 5) is 10.1. The van der Waals surface area contributed by atoms with Gasteiger partial charge in [0.25, 0.3) is 5.69 Å². The predicted molar refractivity (Wildman–Crippen MR) is 61.3 cm³/mol. The maximum Gasteiger partial charge on any atom is 0.269 e. The molecular weight excluding hydrogens is 208 g/mol. The number of amidine groups is 1. The lowest BCUT2D eigenvalue weighted by Gasteiger charge is -2.19. The Balaban J connectivity index is 2.25. The fourth-order valence-electron chi connectivity index (χ4n) is 1.71. The highest BCUT2D eigenvalue weighted by molar-refractivity contribution is 5.84. The zero-order valence-electron chi connectivity index (χ0n) is 8.83. The number of hydrazone groups is 1. The van der Waals surface area contributed by atoms with E-state index in [1.54, 1.807) is 17.1 Å². The topological polar surface area (TPSA) is 84.8 Å². The second kappa shape index (κ2) is 3.80. The van der Waals surface area contributed by atoms with Crippen molar-refractivity contribution in [1.82, 2.24) is 0 Å². The molecule has 0 fully saturated rings. The highest BCUT2D eigenvalue weighted by Gasteiger charge is 2.22. The van der Waals surface area contributed by atoms with Crippen LogP contribution in [-0.4, -0.2) is 16.8 Å². The third-order valence-corrected chi connectivity index (χ3v) is 2.48. The molecule has 0 spiro atoms. The van der Waals surface area contributed by atoms with Crippen molar-refractivity contribution in [3.63, 3.8) is 0 Å². The van der Waals surface area contributed by atoms with Crippen molar-refractivity contribution < 1.29 is 4.92 Å². The molecule has 1 heterocycles. The van der Waals surface area contributed by atoms with Crippen LogP contribution in [0.3, 0.4) is 0 Å². The fraction of sp³-hybridized carbons (Fsp3) is 0.300. The number of rotatable bonds is 2. The Morgan fingerprint density at radius 2 is 2.12 bits per heavy atom. The first-order valence-electron chi connectivity index (χ1n) is 4.94. The molecule has 0 amide bonds. The summed E-state index contributed by atoms with van der Waals surface area (Å²) >= 11 is 0. The Hall–Kier alpha value is -2.11.